The average Bonchev–Trinajstić information content (AvgIpc) is 3.22. The maximum atomic E-state index is 13.2. The van der Waals surface area contributed by atoms with Crippen LogP contribution in [0.15, 0.2) is 36.4 Å². The number of rotatable bonds is 2. The van der Waals surface area contributed by atoms with Crippen LogP contribution in [0.5, 0.6) is 0 Å². The third-order valence-electron chi connectivity index (χ3n) is 3.69. The van der Waals surface area contributed by atoms with Gasteiger partial charge in [-0.3, -0.25) is 14.3 Å². The zero-order valence-electron chi connectivity index (χ0n) is 12.7. The van der Waals surface area contributed by atoms with Gasteiger partial charge in [0, 0.05) is 18.1 Å². The third-order valence-corrected chi connectivity index (χ3v) is 5.16. The van der Waals surface area contributed by atoms with Crippen molar-refractivity contribution in [2.45, 2.75) is 6.18 Å². The Morgan fingerprint density at radius 3 is 2.60 bits per heavy atom. The first-order chi connectivity index (χ1) is 11.9. The number of benzene rings is 1. The summed E-state index contributed by atoms with van der Waals surface area (Å²) in [5.74, 6) is 0.463. The molecule has 0 atom stereocenters. The molecule has 0 aliphatic carbocycles. The number of thiophene rings is 1. The molecule has 25 heavy (non-hydrogen) atoms. The molecule has 0 amide bonds. The van der Waals surface area contributed by atoms with Crippen LogP contribution in [0.4, 0.5) is 13.2 Å². The molecule has 0 saturated heterocycles. The van der Waals surface area contributed by atoms with E-state index in [2.05, 4.69) is 15.3 Å². The van der Waals surface area contributed by atoms with E-state index < -0.39 is 11.9 Å². The average molecular weight is 381 g/mol. The van der Waals surface area contributed by atoms with Crippen LogP contribution in [-0.4, -0.2) is 24.5 Å². The van der Waals surface area contributed by atoms with Crippen molar-refractivity contribution < 1.29 is 13.2 Å². The topological polar surface area (TPSA) is 51.4 Å². The van der Waals surface area contributed by atoms with Crippen molar-refractivity contribution in [2.75, 3.05) is 0 Å². The van der Waals surface area contributed by atoms with Gasteiger partial charge >= 0.3 is 6.18 Å². The Bertz CT molecular complexity index is 1120. The van der Waals surface area contributed by atoms with Gasteiger partial charge in [0.15, 0.2) is 16.3 Å². The summed E-state index contributed by atoms with van der Waals surface area (Å²) in [6.45, 7) is 0. The van der Waals surface area contributed by atoms with Crippen LogP contribution in [0.1, 0.15) is 5.69 Å². The van der Waals surface area contributed by atoms with E-state index in [-0.39, 0.29) is 5.39 Å². The number of aryl methyl sites for hydroxylation is 1. The number of fused-ring (bicyclic) bond motifs is 1. The van der Waals surface area contributed by atoms with Crippen molar-refractivity contribution in [1.29, 1.82) is 0 Å². The lowest BCUT2D eigenvalue weighted by molar-refractivity contribution is -0.140. The van der Waals surface area contributed by atoms with Crippen LogP contribution in [0.25, 0.3) is 26.6 Å². The van der Waals surface area contributed by atoms with E-state index in [0.29, 0.717) is 20.3 Å². The van der Waals surface area contributed by atoms with E-state index in [1.54, 1.807) is 4.57 Å². The minimum Gasteiger partial charge on any atom is -0.267 e. The van der Waals surface area contributed by atoms with E-state index in [4.69, 9.17) is 12.2 Å². The molecule has 0 spiro atoms. The van der Waals surface area contributed by atoms with Crippen LogP contribution in [0, 0.1) is 4.77 Å². The normalized spacial score (nSPS) is 12.2. The van der Waals surface area contributed by atoms with Gasteiger partial charge in [0.2, 0.25) is 0 Å². The fourth-order valence-electron chi connectivity index (χ4n) is 2.64. The van der Waals surface area contributed by atoms with Gasteiger partial charge in [-0.05, 0) is 30.4 Å². The molecule has 0 fully saturated rings. The predicted molar refractivity (Wildman–Crippen MR) is 91.3 cm³/mol. The van der Waals surface area contributed by atoms with Gasteiger partial charge in [-0.2, -0.15) is 23.4 Å². The number of alkyl halides is 3. The van der Waals surface area contributed by atoms with E-state index >= 15 is 0 Å². The lowest BCUT2D eigenvalue weighted by Gasteiger charge is -2.05. The van der Waals surface area contributed by atoms with Gasteiger partial charge in [0.05, 0.1) is 4.88 Å². The van der Waals surface area contributed by atoms with Crippen LogP contribution in [0.3, 0.4) is 0 Å². The summed E-state index contributed by atoms with van der Waals surface area (Å²) in [5.41, 5.74) is -0.115. The maximum absolute atomic E-state index is 13.2. The monoisotopic (exact) mass is 381 g/mol. The highest BCUT2D eigenvalue weighted by Gasteiger charge is 2.37. The highest BCUT2D eigenvalue weighted by Crippen LogP contribution is 2.40. The lowest BCUT2D eigenvalue weighted by Crippen LogP contribution is -2.07. The minimum absolute atomic E-state index is 0.0588. The number of nitrogens with one attached hydrogen (secondary N) is 1. The number of nitrogens with zero attached hydrogens (tertiary/aromatic N) is 4. The second-order valence-electron chi connectivity index (χ2n) is 5.32. The highest BCUT2D eigenvalue weighted by molar-refractivity contribution is 7.71. The third kappa shape index (κ3) is 2.57. The number of para-hydroxylation sites is 1. The van der Waals surface area contributed by atoms with Crippen molar-refractivity contribution in [3.8, 4) is 16.4 Å². The molecular formula is C15H10F3N5S2. The number of hydrogen-bond donors (Lipinski definition) is 1. The maximum Gasteiger partial charge on any atom is 0.435 e. The minimum atomic E-state index is -4.51. The van der Waals surface area contributed by atoms with Gasteiger partial charge in [0.25, 0.3) is 0 Å². The van der Waals surface area contributed by atoms with Gasteiger partial charge in [0.1, 0.15) is 4.83 Å². The van der Waals surface area contributed by atoms with Crippen LogP contribution in [-0.2, 0) is 13.2 Å². The summed E-state index contributed by atoms with van der Waals surface area (Å²) in [4.78, 5) is 1.00. The Balaban J connectivity index is 1.94. The van der Waals surface area contributed by atoms with Crippen LogP contribution >= 0.6 is 23.6 Å². The molecule has 0 radical (unpaired) electrons. The second kappa shape index (κ2) is 5.53. The smallest absolute Gasteiger partial charge is 0.267 e. The summed E-state index contributed by atoms with van der Waals surface area (Å²) < 4.78 is 42.8. The Kier molecular flexibility index (Phi) is 3.55. The molecule has 4 aromatic rings. The van der Waals surface area contributed by atoms with Crippen molar-refractivity contribution in [3.05, 3.63) is 46.9 Å². The fraction of sp³-hybridized carbons (Fsp3) is 0.133. The quantitative estimate of drug-likeness (QED) is 0.518. The largest absolute Gasteiger partial charge is 0.435 e. The summed E-state index contributed by atoms with van der Waals surface area (Å²) in [6, 6.07) is 10.7. The molecule has 128 valence electrons. The second-order valence-corrected chi connectivity index (χ2v) is 6.74. The highest BCUT2D eigenvalue weighted by atomic mass is 32.1. The first kappa shape index (κ1) is 16.0. The van der Waals surface area contributed by atoms with Crippen LogP contribution < -0.4 is 0 Å². The van der Waals surface area contributed by atoms with Gasteiger partial charge in [-0.25, -0.2) is 0 Å². The molecule has 1 N–H and O–H groups in total. The molecule has 0 bridgehead atoms. The Morgan fingerprint density at radius 1 is 1.20 bits per heavy atom. The SMILES string of the molecule is Cn1nc(C(F)(F)F)c2cc(-c3n[nH]c(=S)n3-c3ccccc3)sc21. The van der Waals surface area contributed by atoms with Gasteiger partial charge < -0.3 is 0 Å². The number of H-pyrrole nitrogens is 1. The van der Waals surface area contributed by atoms with Crippen molar-refractivity contribution >= 4 is 33.8 Å². The van der Waals surface area contributed by atoms with Crippen molar-refractivity contribution in [1.82, 2.24) is 24.5 Å². The molecule has 1 aromatic carbocycles. The summed E-state index contributed by atoms with van der Waals surface area (Å²) in [7, 11) is 1.49. The summed E-state index contributed by atoms with van der Waals surface area (Å²) in [5, 5.41) is 10.6. The molecule has 0 saturated carbocycles. The van der Waals surface area contributed by atoms with E-state index in [1.807, 2.05) is 30.3 Å². The molecule has 0 aliphatic heterocycles. The van der Waals surface area contributed by atoms with Gasteiger partial charge in [-0.15, -0.1) is 11.3 Å². The van der Waals surface area contributed by atoms with Gasteiger partial charge in [-0.1, -0.05) is 18.2 Å². The summed E-state index contributed by atoms with van der Waals surface area (Å²) >= 11 is 6.46. The predicted octanol–water partition coefficient (Wildman–Crippen LogP) is 4.56. The number of hydrogen-bond acceptors (Lipinski definition) is 4. The molecule has 10 heteroatoms. The standard InChI is InChI=1S/C15H10F3N5S2/c1-22-13-9(11(21-22)15(16,17)18)7-10(25-13)12-19-20-14(24)23(12)8-5-3-2-4-6-8/h2-7H,1H3,(H,20,24). The number of aromatic amines is 1. The van der Waals surface area contributed by atoms with E-state index in [9.17, 15) is 13.2 Å². The Morgan fingerprint density at radius 2 is 1.92 bits per heavy atom. The lowest BCUT2D eigenvalue weighted by atomic mass is 10.2. The van der Waals surface area contributed by atoms with E-state index in [1.165, 1.54) is 29.1 Å². The molecule has 3 heterocycles. The molecule has 0 aliphatic rings. The number of halogens is 3. The Labute approximate surface area is 148 Å². The molecular weight excluding hydrogens is 371 g/mol. The fourth-order valence-corrected chi connectivity index (χ4v) is 3.93. The Hall–Kier alpha value is -2.46. The molecule has 0 unspecified atom stereocenters. The first-order valence-electron chi connectivity index (χ1n) is 7.13. The molecule has 3 aromatic heterocycles. The molecule has 5 nitrogen and oxygen atoms in total. The van der Waals surface area contributed by atoms with Crippen molar-refractivity contribution in [3.63, 3.8) is 0 Å². The first-order valence-corrected chi connectivity index (χ1v) is 8.35. The number of aromatic nitrogens is 5. The van der Waals surface area contributed by atoms with E-state index in [0.717, 1.165) is 5.69 Å². The summed E-state index contributed by atoms with van der Waals surface area (Å²) in [6.07, 6.45) is -4.51. The molecule has 4 rings (SSSR count). The van der Waals surface area contributed by atoms with Crippen LogP contribution in [0.2, 0.25) is 0 Å². The zero-order valence-corrected chi connectivity index (χ0v) is 14.3. The zero-order chi connectivity index (χ0) is 17.8. The van der Waals surface area contributed by atoms with Crippen molar-refractivity contribution in [2.24, 2.45) is 7.05 Å².